The number of carbonyl (C=O) groups is 1. The molecule has 0 aliphatic heterocycles. The Labute approximate surface area is 94.1 Å². The first kappa shape index (κ1) is 14.1. The molecule has 0 saturated heterocycles. The lowest BCUT2D eigenvalue weighted by Gasteiger charge is -2.03. The second-order valence-electron chi connectivity index (χ2n) is 2.57. The highest BCUT2D eigenvalue weighted by Crippen LogP contribution is 2.19. The number of esters is 1. The van der Waals surface area contributed by atoms with Crippen molar-refractivity contribution in [1.82, 2.24) is 5.32 Å². The molecule has 1 N–H and O–H groups in total. The van der Waals surface area contributed by atoms with Crippen LogP contribution >= 0.6 is 21.6 Å². The van der Waals surface area contributed by atoms with E-state index in [1.165, 1.54) is 0 Å². The maximum Gasteiger partial charge on any atom is 0.305 e. The summed E-state index contributed by atoms with van der Waals surface area (Å²) in [6.07, 6.45) is 0.470. The number of carbonyl (C=O) groups excluding carboxylic acids is 1. The Morgan fingerprint density at radius 1 is 1.29 bits per heavy atom. The molecule has 0 amide bonds. The minimum Gasteiger partial charge on any atom is -0.465 e. The summed E-state index contributed by atoms with van der Waals surface area (Å²) in [6.45, 7) is 6.51. The van der Waals surface area contributed by atoms with Gasteiger partial charge < -0.3 is 10.1 Å². The van der Waals surface area contributed by atoms with Gasteiger partial charge in [0.05, 0.1) is 0 Å². The summed E-state index contributed by atoms with van der Waals surface area (Å²) >= 11 is 0. The molecule has 0 aliphatic carbocycles. The maximum atomic E-state index is 10.7. The van der Waals surface area contributed by atoms with Gasteiger partial charge in [-0.05, 0) is 6.54 Å². The van der Waals surface area contributed by atoms with Crippen LogP contribution in [0.2, 0.25) is 0 Å². The van der Waals surface area contributed by atoms with Gasteiger partial charge in [0.15, 0.2) is 0 Å². The van der Waals surface area contributed by atoms with Gasteiger partial charge in [-0.3, -0.25) is 4.79 Å². The van der Waals surface area contributed by atoms with E-state index in [2.05, 4.69) is 12.2 Å². The van der Waals surface area contributed by atoms with Gasteiger partial charge in [0, 0.05) is 24.5 Å². The fourth-order valence-corrected chi connectivity index (χ4v) is 2.48. The zero-order chi connectivity index (χ0) is 10.6. The van der Waals surface area contributed by atoms with Gasteiger partial charge in [0.1, 0.15) is 6.61 Å². The summed E-state index contributed by atoms with van der Waals surface area (Å²) in [5.74, 6) is 1.87. The molecule has 0 atom stereocenters. The number of hydrogen-bond donors (Lipinski definition) is 1. The molecule has 0 fully saturated rings. The molecule has 0 spiro atoms. The second kappa shape index (κ2) is 11.2. The molecule has 5 heteroatoms. The van der Waals surface area contributed by atoms with Crippen LogP contribution in [-0.2, 0) is 9.53 Å². The SMILES string of the molecule is CCNCCSSCCOC(=O)CC. The van der Waals surface area contributed by atoms with Gasteiger partial charge in [-0.1, -0.05) is 35.4 Å². The van der Waals surface area contributed by atoms with Crippen molar-refractivity contribution in [3.8, 4) is 0 Å². The van der Waals surface area contributed by atoms with Crippen molar-refractivity contribution in [2.24, 2.45) is 0 Å². The monoisotopic (exact) mass is 237 g/mol. The van der Waals surface area contributed by atoms with Gasteiger partial charge in [-0.15, -0.1) is 0 Å². The lowest BCUT2D eigenvalue weighted by Crippen LogP contribution is -2.15. The van der Waals surface area contributed by atoms with E-state index in [0.717, 1.165) is 24.6 Å². The molecule has 0 aromatic heterocycles. The number of ether oxygens (including phenoxy) is 1. The predicted octanol–water partition coefficient (Wildman–Crippen LogP) is 1.93. The first-order valence-corrected chi connectivity index (χ1v) is 7.40. The first-order chi connectivity index (χ1) is 6.81. The smallest absolute Gasteiger partial charge is 0.305 e. The minimum absolute atomic E-state index is 0.108. The van der Waals surface area contributed by atoms with Crippen molar-refractivity contribution in [3.63, 3.8) is 0 Å². The van der Waals surface area contributed by atoms with E-state index in [1.54, 1.807) is 17.7 Å². The number of nitrogens with one attached hydrogen (secondary N) is 1. The second-order valence-corrected chi connectivity index (χ2v) is 5.27. The molecule has 0 heterocycles. The molecule has 0 bridgehead atoms. The molecule has 3 nitrogen and oxygen atoms in total. The molecule has 0 aromatic rings. The van der Waals surface area contributed by atoms with Crippen LogP contribution in [0.3, 0.4) is 0 Å². The summed E-state index contributed by atoms with van der Waals surface area (Å²) < 4.78 is 4.93. The van der Waals surface area contributed by atoms with Crippen molar-refractivity contribution in [1.29, 1.82) is 0 Å². The molecular formula is C9H19NO2S2. The molecular weight excluding hydrogens is 218 g/mol. The van der Waals surface area contributed by atoms with E-state index < -0.39 is 0 Å². The average molecular weight is 237 g/mol. The number of hydrogen-bond acceptors (Lipinski definition) is 5. The Kier molecular flexibility index (Phi) is 11.3. The van der Waals surface area contributed by atoms with Gasteiger partial charge >= 0.3 is 5.97 Å². The van der Waals surface area contributed by atoms with E-state index in [0.29, 0.717) is 13.0 Å². The third-order valence-corrected chi connectivity index (χ3v) is 3.78. The lowest BCUT2D eigenvalue weighted by atomic mass is 10.5. The zero-order valence-electron chi connectivity index (χ0n) is 8.88. The van der Waals surface area contributed by atoms with Crippen LogP contribution in [0.1, 0.15) is 20.3 Å². The highest BCUT2D eigenvalue weighted by molar-refractivity contribution is 8.76. The van der Waals surface area contributed by atoms with Gasteiger partial charge in [-0.25, -0.2) is 0 Å². The third kappa shape index (κ3) is 10.2. The maximum absolute atomic E-state index is 10.7. The summed E-state index contributed by atoms with van der Waals surface area (Å²) in [7, 11) is 3.57. The molecule has 0 aliphatic rings. The standard InChI is InChI=1S/C9H19NO2S2/c1-3-9(11)12-6-8-14-13-7-5-10-4-2/h10H,3-8H2,1-2H3. The summed E-state index contributed by atoms with van der Waals surface area (Å²) in [5, 5.41) is 3.25. The van der Waals surface area contributed by atoms with Crippen LogP contribution in [0.5, 0.6) is 0 Å². The van der Waals surface area contributed by atoms with Crippen LogP contribution in [0.15, 0.2) is 0 Å². The Morgan fingerprint density at radius 2 is 2.00 bits per heavy atom. The van der Waals surface area contributed by atoms with E-state index in [1.807, 2.05) is 10.8 Å². The van der Waals surface area contributed by atoms with E-state index >= 15 is 0 Å². The highest BCUT2D eigenvalue weighted by Gasteiger charge is 1.97. The van der Waals surface area contributed by atoms with Crippen molar-refractivity contribution >= 4 is 27.6 Å². The Hall–Kier alpha value is 0.130. The minimum atomic E-state index is -0.108. The quantitative estimate of drug-likeness (QED) is 0.377. The molecule has 0 saturated carbocycles. The Morgan fingerprint density at radius 3 is 2.64 bits per heavy atom. The van der Waals surface area contributed by atoms with E-state index in [4.69, 9.17) is 4.74 Å². The molecule has 0 unspecified atom stereocenters. The Balaban J connectivity index is 2.95. The fourth-order valence-electron chi connectivity index (χ4n) is 0.700. The fraction of sp³-hybridized carbons (Fsp3) is 0.889. The van der Waals surface area contributed by atoms with Gasteiger partial charge in [0.25, 0.3) is 0 Å². The van der Waals surface area contributed by atoms with Crippen LogP contribution in [-0.4, -0.2) is 37.2 Å². The highest BCUT2D eigenvalue weighted by atomic mass is 33.1. The van der Waals surface area contributed by atoms with Crippen LogP contribution in [0.25, 0.3) is 0 Å². The topological polar surface area (TPSA) is 38.3 Å². The molecule has 0 radical (unpaired) electrons. The summed E-state index contributed by atoms with van der Waals surface area (Å²) in [5.41, 5.74) is 0. The van der Waals surface area contributed by atoms with Crippen molar-refractivity contribution in [2.75, 3.05) is 31.2 Å². The predicted molar refractivity (Wildman–Crippen MR) is 64.7 cm³/mol. The van der Waals surface area contributed by atoms with Crippen LogP contribution < -0.4 is 5.32 Å². The summed E-state index contributed by atoms with van der Waals surface area (Å²) in [4.78, 5) is 10.7. The van der Waals surface area contributed by atoms with Gasteiger partial charge in [-0.2, -0.15) is 0 Å². The lowest BCUT2D eigenvalue weighted by molar-refractivity contribution is -0.142. The molecule has 0 aromatic carbocycles. The summed E-state index contributed by atoms with van der Waals surface area (Å²) in [6, 6.07) is 0. The van der Waals surface area contributed by atoms with Crippen molar-refractivity contribution in [3.05, 3.63) is 0 Å². The Bertz CT molecular complexity index is 145. The molecule has 84 valence electrons. The largest absolute Gasteiger partial charge is 0.465 e. The van der Waals surface area contributed by atoms with Crippen LogP contribution in [0.4, 0.5) is 0 Å². The molecule has 0 rings (SSSR count). The van der Waals surface area contributed by atoms with Crippen LogP contribution in [0, 0.1) is 0 Å². The van der Waals surface area contributed by atoms with E-state index in [-0.39, 0.29) is 5.97 Å². The first-order valence-electron chi connectivity index (χ1n) is 4.92. The van der Waals surface area contributed by atoms with Gasteiger partial charge in [0.2, 0.25) is 0 Å². The van der Waals surface area contributed by atoms with Crippen molar-refractivity contribution < 1.29 is 9.53 Å². The van der Waals surface area contributed by atoms with Crippen molar-refractivity contribution in [2.45, 2.75) is 20.3 Å². The van der Waals surface area contributed by atoms with E-state index in [9.17, 15) is 4.79 Å². The number of rotatable bonds is 9. The molecule has 14 heavy (non-hydrogen) atoms. The zero-order valence-corrected chi connectivity index (χ0v) is 10.5. The normalized spacial score (nSPS) is 10.1. The third-order valence-electron chi connectivity index (χ3n) is 1.41. The average Bonchev–Trinajstić information content (AvgIpc) is 2.21.